The van der Waals surface area contributed by atoms with E-state index in [1.807, 2.05) is 19.9 Å². The molecule has 2 heteroatoms. The predicted octanol–water partition coefficient (Wildman–Crippen LogP) is 3.98. The highest BCUT2D eigenvalue weighted by Crippen LogP contribution is 2.31. The third-order valence-corrected chi connectivity index (χ3v) is 3.61. The Morgan fingerprint density at radius 3 is 2.21 bits per heavy atom. The fraction of sp³-hybridized carbons (Fsp3) is 0.294. The van der Waals surface area contributed by atoms with Crippen molar-refractivity contribution in [2.75, 3.05) is 0 Å². The highest BCUT2D eigenvalue weighted by molar-refractivity contribution is 6.26. The van der Waals surface area contributed by atoms with E-state index in [2.05, 4.69) is 6.58 Å². The van der Waals surface area contributed by atoms with E-state index < -0.39 is 5.92 Å². The topological polar surface area (TPSA) is 34.1 Å². The molecule has 1 aromatic carbocycles. The van der Waals surface area contributed by atoms with E-state index in [0.29, 0.717) is 17.5 Å². The van der Waals surface area contributed by atoms with Crippen LogP contribution in [0.25, 0.3) is 0 Å². The molecule has 0 spiro atoms. The Balaban J connectivity index is 2.15. The second kappa shape index (κ2) is 5.35. The number of allylic oxidation sites excluding steroid dienone is 3. The normalized spacial score (nSPS) is 15.8. The van der Waals surface area contributed by atoms with Gasteiger partial charge < -0.3 is 0 Å². The molecule has 0 aliphatic heterocycles. The molecule has 0 heterocycles. The van der Waals surface area contributed by atoms with Crippen LogP contribution in [0, 0.1) is 5.92 Å². The van der Waals surface area contributed by atoms with Crippen molar-refractivity contribution >= 4 is 11.6 Å². The standard InChI is InChI=1S/C17H18O2/c1-4-11(2)9-12(3)10-15-16(18)13-7-5-6-8-14(13)17(15)19/h4-8,15H,3,9-10H2,1-2H3/b11-4-. The van der Waals surface area contributed by atoms with Crippen molar-refractivity contribution in [1.29, 1.82) is 0 Å². The van der Waals surface area contributed by atoms with Gasteiger partial charge in [0.25, 0.3) is 0 Å². The zero-order valence-electron chi connectivity index (χ0n) is 11.4. The van der Waals surface area contributed by atoms with Crippen LogP contribution in [0.15, 0.2) is 48.1 Å². The molecule has 2 rings (SSSR count). The van der Waals surface area contributed by atoms with Gasteiger partial charge in [0.2, 0.25) is 0 Å². The monoisotopic (exact) mass is 254 g/mol. The molecule has 1 aliphatic carbocycles. The van der Waals surface area contributed by atoms with E-state index >= 15 is 0 Å². The van der Waals surface area contributed by atoms with E-state index in [1.54, 1.807) is 24.3 Å². The summed E-state index contributed by atoms with van der Waals surface area (Å²) in [6.45, 7) is 8.00. The van der Waals surface area contributed by atoms with Crippen molar-refractivity contribution < 1.29 is 9.59 Å². The summed E-state index contributed by atoms with van der Waals surface area (Å²) in [5.41, 5.74) is 3.27. The van der Waals surface area contributed by atoms with Crippen LogP contribution < -0.4 is 0 Å². The number of hydrogen-bond donors (Lipinski definition) is 0. The summed E-state index contributed by atoms with van der Waals surface area (Å²) >= 11 is 0. The molecule has 0 atom stereocenters. The molecule has 0 unspecified atom stereocenters. The lowest BCUT2D eigenvalue weighted by molar-refractivity contribution is 0.0838. The fourth-order valence-electron chi connectivity index (χ4n) is 2.45. The smallest absolute Gasteiger partial charge is 0.174 e. The Kier molecular flexibility index (Phi) is 3.79. The number of ketones is 2. The first kappa shape index (κ1) is 13.5. The maximum atomic E-state index is 12.2. The van der Waals surface area contributed by atoms with Gasteiger partial charge in [0.15, 0.2) is 11.6 Å². The van der Waals surface area contributed by atoms with Crippen LogP contribution in [-0.2, 0) is 0 Å². The third kappa shape index (κ3) is 2.58. The molecule has 0 aromatic heterocycles. The van der Waals surface area contributed by atoms with Crippen LogP contribution in [0.1, 0.15) is 47.4 Å². The van der Waals surface area contributed by atoms with Crippen molar-refractivity contribution in [2.45, 2.75) is 26.7 Å². The molecule has 0 fully saturated rings. The number of fused-ring (bicyclic) bond motifs is 1. The number of carbonyl (C=O) groups excluding carboxylic acids is 2. The van der Waals surface area contributed by atoms with Gasteiger partial charge in [-0.15, -0.1) is 0 Å². The summed E-state index contributed by atoms with van der Waals surface area (Å²) < 4.78 is 0. The van der Waals surface area contributed by atoms with Gasteiger partial charge in [0.05, 0.1) is 5.92 Å². The van der Waals surface area contributed by atoms with Gasteiger partial charge in [-0.2, -0.15) is 0 Å². The van der Waals surface area contributed by atoms with Crippen LogP contribution in [0.2, 0.25) is 0 Å². The Morgan fingerprint density at radius 1 is 1.21 bits per heavy atom. The Hall–Kier alpha value is -1.96. The van der Waals surface area contributed by atoms with Gasteiger partial charge in [0, 0.05) is 11.1 Å². The van der Waals surface area contributed by atoms with Crippen molar-refractivity contribution in [2.24, 2.45) is 5.92 Å². The average Bonchev–Trinajstić information content (AvgIpc) is 2.64. The lowest BCUT2D eigenvalue weighted by Crippen LogP contribution is -2.15. The van der Waals surface area contributed by atoms with Crippen molar-refractivity contribution in [3.8, 4) is 0 Å². The zero-order chi connectivity index (χ0) is 14.0. The minimum absolute atomic E-state index is 0.0557. The van der Waals surface area contributed by atoms with E-state index in [1.165, 1.54) is 5.57 Å². The lowest BCUT2D eigenvalue weighted by atomic mass is 9.92. The predicted molar refractivity (Wildman–Crippen MR) is 76.4 cm³/mol. The van der Waals surface area contributed by atoms with Crippen LogP contribution in [0.3, 0.4) is 0 Å². The Bertz CT molecular complexity index is 544. The van der Waals surface area contributed by atoms with E-state index in [0.717, 1.165) is 12.0 Å². The number of Topliss-reactive ketones (excluding diaryl/α,β-unsaturated/α-hetero) is 2. The van der Waals surface area contributed by atoms with E-state index in [4.69, 9.17) is 0 Å². The summed E-state index contributed by atoms with van der Waals surface area (Å²) in [5, 5.41) is 0. The molecule has 19 heavy (non-hydrogen) atoms. The van der Waals surface area contributed by atoms with E-state index in [-0.39, 0.29) is 11.6 Å². The number of rotatable bonds is 4. The third-order valence-electron chi connectivity index (χ3n) is 3.61. The lowest BCUT2D eigenvalue weighted by Gasteiger charge is -2.10. The molecule has 0 bridgehead atoms. The van der Waals surface area contributed by atoms with Crippen molar-refractivity contribution in [3.63, 3.8) is 0 Å². The second-order valence-corrected chi connectivity index (χ2v) is 5.09. The Morgan fingerprint density at radius 2 is 1.74 bits per heavy atom. The first-order valence-corrected chi connectivity index (χ1v) is 6.50. The molecular formula is C17H18O2. The van der Waals surface area contributed by atoms with Crippen LogP contribution in [0.5, 0.6) is 0 Å². The molecule has 1 aromatic rings. The van der Waals surface area contributed by atoms with Gasteiger partial charge in [-0.25, -0.2) is 0 Å². The molecule has 0 saturated heterocycles. The first-order valence-electron chi connectivity index (χ1n) is 6.50. The minimum atomic E-state index is -0.561. The van der Waals surface area contributed by atoms with Crippen molar-refractivity contribution in [1.82, 2.24) is 0 Å². The summed E-state index contributed by atoms with van der Waals surface area (Å²) in [4.78, 5) is 24.4. The summed E-state index contributed by atoms with van der Waals surface area (Å²) in [7, 11) is 0. The summed E-state index contributed by atoms with van der Waals surface area (Å²) in [6, 6.07) is 7.06. The molecule has 0 radical (unpaired) electrons. The van der Waals surface area contributed by atoms with E-state index in [9.17, 15) is 9.59 Å². The Labute approximate surface area is 113 Å². The van der Waals surface area contributed by atoms with Crippen LogP contribution >= 0.6 is 0 Å². The van der Waals surface area contributed by atoms with Gasteiger partial charge in [-0.1, -0.05) is 48.1 Å². The van der Waals surface area contributed by atoms with Crippen LogP contribution in [0.4, 0.5) is 0 Å². The second-order valence-electron chi connectivity index (χ2n) is 5.09. The molecule has 0 saturated carbocycles. The minimum Gasteiger partial charge on any atom is -0.293 e. The van der Waals surface area contributed by atoms with Gasteiger partial charge >= 0.3 is 0 Å². The summed E-state index contributed by atoms with van der Waals surface area (Å²) in [5.74, 6) is -0.672. The highest BCUT2D eigenvalue weighted by Gasteiger charge is 2.37. The number of hydrogen-bond acceptors (Lipinski definition) is 2. The number of carbonyl (C=O) groups is 2. The van der Waals surface area contributed by atoms with Gasteiger partial charge in [0.1, 0.15) is 0 Å². The zero-order valence-corrected chi connectivity index (χ0v) is 11.4. The largest absolute Gasteiger partial charge is 0.293 e. The molecule has 1 aliphatic rings. The average molecular weight is 254 g/mol. The molecule has 0 N–H and O–H groups in total. The van der Waals surface area contributed by atoms with Crippen molar-refractivity contribution in [3.05, 3.63) is 59.2 Å². The molecule has 98 valence electrons. The fourth-order valence-corrected chi connectivity index (χ4v) is 2.45. The van der Waals surface area contributed by atoms with Crippen LogP contribution in [-0.4, -0.2) is 11.6 Å². The first-order chi connectivity index (χ1) is 9.04. The molecular weight excluding hydrogens is 236 g/mol. The maximum Gasteiger partial charge on any atom is 0.174 e. The SMILES string of the molecule is C=C(C/C(C)=C\C)CC1C(=O)c2ccccc2C1=O. The molecule has 2 nitrogen and oxygen atoms in total. The number of benzene rings is 1. The van der Waals surface area contributed by atoms with Gasteiger partial charge in [-0.05, 0) is 26.7 Å². The van der Waals surface area contributed by atoms with Gasteiger partial charge in [-0.3, -0.25) is 9.59 Å². The molecule has 0 amide bonds. The highest BCUT2D eigenvalue weighted by atomic mass is 16.2. The summed E-state index contributed by atoms with van der Waals surface area (Å²) in [6.07, 6.45) is 3.24. The maximum absolute atomic E-state index is 12.2. The quantitative estimate of drug-likeness (QED) is 0.601.